The van der Waals surface area contributed by atoms with E-state index in [0.717, 1.165) is 31.1 Å². The van der Waals surface area contributed by atoms with Crippen LogP contribution in [0.25, 0.3) is 0 Å². The predicted octanol–water partition coefficient (Wildman–Crippen LogP) is 5.28. The lowest BCUT2D eigenvalue weighted by Gasteiger charge is -2.58. The molecule has 0 aromatic carbocycles. The van der Waals surface area contributed by atoms with Gasteiger partial charge in [-0.3, -0.25) is 4.79 Å². The number of carbonyl (C=O) groups is 1. The van der Waals surface area contributed by atoms with Crippen LogP contribution in [-0.4, -0.2) is 22.3 Å². The second-order valence-electron chi connectivity index (χ2n) is 10.8. The number of carboxylic acid groups (broad SMARTS) is 1. The van der Waals surface area contributed by atoms with E-state index in [2.05, 4.69) is 32.9 Å². The van der Waals surface area contributed by atoms with Crippen molar-refractivity contribution in [2.75, 3.05) is 0 Å². The van der Waals surface area contributed by atoms with Crippen LogP contribution in [0.3, 0.4) is 0 Å². The Balaban J connectivity index is 1.56. The molecule has 0 unspecified atom stereocenters. The van der Waals surface area contributed by atoms with Gasteiger partial charge in [-0.15, -0.1) is 0 Å². The molecule has 27 heavy (non-hydrogen) atoms. The van der Waals surface area contributed by atoms with E-state index >= 15 is 0 Å². The minimum Gasteiger partial charge on any atom is -0.481 e. The second-order valence-corrected chi connectivity index (χ2v) is 10.8. The number of carboxylic acids is 1. The summed E-state index contributed by atoms with van der Waals surface area (Å²) in [5.41, 5.74) is 0.615. The molecule has 2 N–H and O–H groups in total. The van der Waals surface area contributed by atoms with Gasteiger partial charge in [-0.25, -0.2) is 0 Å². The molecular formula is C24H38O3. The summed E-state index contributed by atoms with van der Waals surface area (Å²) in [6.45, 7) is 7.26. The normalized spacial score (nSPS) is 49.8. The lowest BCUT2D eigenvalue weighted by atomic mass is 9.46. The van der Waals surface area contributed by atoms with Gasteiger partial charge in [-0.1, -0.05) is 32.9 Å². The third kappa shape index (κ3) is 3.09. The van der Waals surface area contributed by atoms with Crippen LogP contribution in [0.2, 0.25) is 0 Å². The van der Waals surface area contributed by atoms with E-state index < -0.39 is 5.97 Å². The van der Waals surface area contributed by atoms with Gasteiger partial charge in [0.2, 0.25) is 0 Å². The minimum atomic E-state index is -0.661. The number of aliphatic carboxylic acids is 1. The largest absolute Gasteiger partial charge is 0.481 e. The van der Waals surface area contributed by atoms with E-state index in [9.17, 15) is 9.90 Å². The minimum absolute atomic E-state index is 0.0802. The molecule has 0 spiro atoms. The summed E-state index contributed by atoms with van der Waals surface area (Å²) in [5.74, 6) is 3.35. The van der Waals surface area contributed by atoms with Crippen molar-refractivity contribution in [1.29, 1.82) is 0 Å². The van der Waals surface area contributed by atoms with Gasteiger partial charge in [0.25, 0.3) is 0 Å². The summed E-state index contributed by atoms with van der Waals surface area (Å²) >= 11 is 0. The smallest absolute Gasteiger partial charge is 0.303 e. The van der Waals surface area contributed by atoms with Crippen LogP contribution in [0.5, 0.6) is 0 Å². The van der Waals surface area contributed by atoms with E-state index in [1.165, 1.54) is 32.1 Å². The first-order valence-corrected chi connectivity index (χ1v) is 11.3. The zero-order valence-corrected chi connectivity index (χ0v) is 17.4. The molecule has 0 radical (unpaired) electrons. The number of hydrogen-bond donors (Lipinski definition) is 2. The first-order chi connectivity index (χ1) is 12.8. The van der Waals surface area contributed by atoms with Crippen molar-refractivity contribution < 1.29 is 15.0 Å². The molecule has 3 saturated carbocycles. The summed E-state index contributed by atoms with van der Waals surface area (Å²) in [6, 6.07) is 0. The van der Waals surface area contributed by atoms with Crippen LogP contribution in [0.4, 0.5) is 0 Å². The molecule has 3 nitrogen and oxygen atoms in total. The van der Waals surface area contributed by atoms with Crippen LogP contribution < -0.4 is 0 Å². The summed E-state index contributed by atoms with van der Waals surface area (Å²) in [4.78, 5) is 11.0. The second kappa shape index (κ2) is 6.90. The highest BCUT2D eigenvalue weighted by Crippen LogP contribution is 2.66. The Bertz CT molecular complexity index is 613. The molecule has 3 fully saturated rings. The van der Waals surface area contributed by atoms with Crippen LogP contribution in [0.1, 0.15) is 78.6 Å². The lowest BCUT2D eigenvalue weighted by Crippen LogP contribution is -2.52. The molecule has 4 aliphatic carbocycles. The molecular weight excluding hydrogens is 336 g/mol. The summed E-state index contributed by atoms with van der Waals surface area (Å²) in [7, 11) is 0. The van der Waals surface area contributed by atoms with Crippen molar-refractivity contribution in [3.8, 4) is 0 Å². The zero-order valence-electron chi connectivity index (χ0n) is 17.4. The number of hydrogen-bond acceptors (Lipinski definition) is 2. The quantitative estimate of drug-likeness (QED) is 0.658. The average Bonchev–Trinajstić information content (AvgIpc) is 2.97. The maximum absolute atomic E-state index is 11.0. The predicted molar refractivity (Wildman–Crippen MR) is 107 cm³/mol. The SMILES string of the molecule is C[C@H](CCC(=O)O)[C@@H]1CC[C@@H]2[C@@H]3CC[C@@H]4C[C@H](O)CC[C@]4(C)[C@@H]3C=C[C@@]21C. The van der Waals surface area contributed by atoms with Crippen molar-refractivity contribution in [3.05, 3.63) is 12.2 Å². The van der Waals surface area contributed by atoms with Gasteiger partial charge in [-0.05, 0) is 97.7 Å². The average molecular weight is 375 g/mol. The fourth-order valence-electron chi connectivity index (χ4n) is 8.10. The van der Waals surface area contributed by atoms with Gasteiger partial charge in [0.15, 0.2) is 0 Å². The number of fused-ring (bicyclic) bond motifs is 5. The Hall–Kier alpha value is -0.830. The van der Waals surface area contributed by atoms with Gasteiger partial charge in [0.05, 0.1) is 6.10 Å². The number of aliphatic hydroxyl groups excluding tert-OH is 1. The van der Waals surface area contributed by atoms with Crippen molar-refractivity contribution in [2.45, 2.75) is 84.7 Å². The van der Waals surface area contributed by atoms with E-state index in [4.69, 9.17) is 5.11 Å². The van der Waals surface area contributed by atoms with Gasteiger partial charge in [0, 0.05) is 6.42 Å². The molecule has 4 rings (SSSR count). The van der Waals surface area contributed by atoms with Gasteiger partial charge >= 0.3 is 5.97 Å². The fraction of sp³-hybridized carbons (Fsp3) is 0.875. The summed E-state index contributed by atoms with van der Waals surface area (Å²) in [6.07, 6.45) is 14.5. The Labute approximate surface area is 164 Å². The molecule has 0 aromatic rings. The Morgan fingerprint density at radius 3 is 2.70 bits per heavy atom. The number of aliphatic hydroxyl groups is 1. The first-order valence-electron chi connectivity index (χ1n) is 11.3. The van der Waals surface area contributed by atoms with Crippen LogP contribution in [-0.2, 0) is 4.79 Å². The van der Waals surface area contributed by atoms with Crippen LogP contribution in [0.15, 0.2) is 12.2 Å². The zero-order chi connectivity index (χ0) is 19.4. The van der Waals surface area contributed by atoms with Gasteiger partial charge < -0.3 is 10.2 Å². The van der Waals surface area contributed by atoms with Crippen LogP contribution in [0, 0.1) is 46.3 Å². The molecule has 0 heterocycles. The molecule has 9 atom stereocenters. The van der Waals surface area contributed by atoms with E-state index in [1.807, 2.05) is 0 Å². The molecule has 3 heteroatoms. The fourth-order valence-corrected chi connectivity index (χ4v) is 8.10. The Kier molecular flexibility index (Phi) is 4.98. The maximum Gasteiger partial charge on any atom is 0.303 e. The molecule has 152 valence electrons. The molecule has 0 saturated heterocycles. The number of allylic oxidation sites excluding steroid dienone is 2. The van der Waals surface area contributed by atoms with E-state index in [-0.39, 0.29) is 11.5 Å². The highest BCUT2D eigenvalue weighted by Gasteiger charge is 2.58. The highest BCUT2D eigenvalue weighted by atomic mass is 16.4. The third-order valence-corrected chi connectivity index (χ3v) is 9.64. The summed E-state index contributed by atoms with van der Waals surface area (Å²) < 4.78 is 0. The summed E-state index contributed by atoms with van der Waals surface area (Å²) in [5, 5.41) is 19.3. The standard InChI is InChI=1S/C24H38O3/c1-15(4-9-22(26)27)19-7-8-20-18-6-5-16-14-17(25)10-12-23(16,2)21(18)11-13-24(19,20)3/h11,13,15-21,25H,4-10,12,14H2,1-3H3,(H,26,27)/t15-,16-,17-,18+,19+,20-,21-,23+,24-/m1/s1. The van der Waals surface area contributed by atoms with Crippen molar-refractivity contribution in [2.24, 2.45) is 46.3 Å². The molecule has 0 bridgehead atoms. The monoisotopic (exact) mass is 374 g/mol. The molecule has 0 aromatic heterocycles. The maximum atomic E-state index is 11.0. The van der Waals surface area contributed by atoms with E-state index in [1.54, 1.807) is 0 Å². The highest BCUT2D eigenvalue weighted by molar-refractivity contribution is 5.66. The molecule has 0 aliphatic heterocycles. The third-order valence-electron chi connectivity index (χ3n) is 9.64. The van der Waals surface area contributed by atoms with Crippen molar-refractivity contribution >= 4 is 5.97 Å². The van der Waals surface area contributed by atoms with E-state index in [0.29, 0.717) is 35.5 Å². The Morgan fingerprint density at radius 2 is 1.96 bits per heavy atom. The first kappa shape index (κ1) is 19.5. The molecule has 4 aliphatic rings. The Morgan fingerprint density at radius 1 is 1.19 bits per heavy atom. The van der Waals surface area contributed by atoms with Gasteiger partial charge in [0.1, 0.15) is 0 Å². The van der Waals surface area contributed by atoms with Crippen LogP contribution >= 0.6 is 0 Å². The number of rotatable bonds is 4. The van der Waals surface area contributed by atoms with Crippen molar-refractivity contribution in [3.63, 3.8) is 0 Å². The molecule has 0 amide bonds. The lowest BCUT2D eigenvalue weighted by molar-refractivity contribution is -0.137. The topological polar surface area (TPSA) is 57.5 Å². The van der Waals surface area contributed by atoms with Crippen molar-refractivity contribution in [1.82, 2.24) is 0 Å². The van der Waals surface area contributed by atoms with Gasteiger partial charge in [-0.2, -0.15) is 0 Å².